The van der Waals surface area contributed by atoms with Crippen molar-refractivity contribution < 1.29 is 4.74 Å². The Hall–Kier alpha value is -0.0800. The Morgan fingerprint density at radius 3 is 2.39 bits per heavy atom. The van der Waals surface area contributed by atoms with Crippen LogP contribution >= 0.6 is 0 Å². The van der Waals surface area contributed by atoms with E-state index in [1.807, 2.05) is 0 Å². The monoisotopic (exact) mass is 255 g/mol. The standard InChI is InChI=1S/C16H33NO/c1-7-18-15-11-14(16(15,5)6)17-13(4)10-8-9-12(2)3/h12-15,17H,7-11H2,1-6H3. The molecule has 1 aliphatic carbocycles. The molecule has 0 aromatic heterocycles. The van der Waals surface area contributed by atoms with Gasteiger partial charge >= 0.3 is 0 Å². The van der Waals surface area contributed by atoms with E-state index in [4.69, 9.17) is 4.74 Å². The molecule has 1 rings (SSSR count). The maximum atomic E-state index is 5.78. The SMILES string of the molecule is CCOC1CC(NC(C)CCCC(C)C)C1(C)C. The van der Waals surface area contributed by atoms with E-state index in [2.05, 4.69) is 46.9 Å². The number of ether oxygens (including phenoxy) is 1. The van der Waals surface area contributed by atoms with E-state index in [-0.39, 0.29) is 0 Å². The molecule has 0 heterocycles. The van der Waals surface area contributed by atoms with Gasteiger partial charge in [-0.25, -0.2) is 0 Å². The van der Waals surface area contributed by atoms with Gasteiger partial charge in [-0.1, -0.05) is 40.5 Å². The molecule has 1 N–H and O–H groups in total. The molecule has 0 bridgehead atoms. The van der Waals surface area contributed by atoms with Gasteiger partial charge in [0.15, 0.2) is 0 Å². The van der Waals surface area contributed by atoms with Crippen LogP contribution < -0.4 is 5.32 Å². The Morgan fingerprint density at radius 1 is 1.22 bits per heavy atom. The van der Waals surface area contributed by atoms with Crippen LogP contribution in [0.1, 0.15) is 67.2 Å². The van der Waals surface area contributed by atoms with E-state index in [0.717, 1.165) is 12.5 Å². The number of hydrogen-bond donors (Lipinski definition) is 1. The summed E-state index contributed by atoms with van der Waals surface area (Å²) in [5.41, 5.74) is 0.294. The third kappa shape index (κ3) is 4.24. The number of hydrogen-bond acceptors (Lipinski definition) is 2. The maximum Gasteiger partial charge on any atom is 0.0655 e. The van der Waals surface area contributed by atoms with Crippen LogP contribution in [0.2, 0.25) is 0 Å². The molecule has 3 unspecified atom stereocenters. The van der Waals surface area contributed by atoms with Crippen molar-refractivity contribution in [2.45, 2.75) is 85.4 Å². The largest absolute Gasteiger partial charge is 0.378 e. The highest BCUT2D eigenvalue weighted by Gasteiger charge is 2.48. The lowest BCUT2D eigenvalue weighted by atomic mass is 9.64. The minimum absolute atomic E-state index is 0.294. The average molecular weight is 255 g/mol. The second-order valence-corrected chi connectivity index (χ2v) is 6.95. The van der Waals surface area contributed by atoms with Crippen molar-refractivity contribution in [3.63, 3.8) is 0 Å². The van der Waals surface area contributed by atoms with Crippen molar-refractivity contribution >= 4 is 0 Å². The Kier molecular flexibility index (Phi) is 6.13. The second kappa shape index (κ2) is 6.91. The zero-order valence-corrected chi connectivity index (χ0v) is 13.3. The summed E-state index contributed by atoms with van der Waals surface area (Å²) < 4.78 is 5.78. The summed E-state index contributed by atoms with van der Waals surface area (Å²) in [4.78, 5) is 0. The number of rotatable bonds is 8. The minimum atomic E-state index is 0.294. The molecule has 3 atom stereocenters. The highest BCUT2D eigenvalue weighted by Crippen LogP contribution is 2.43. The lowest BCUT2D eigenvalue weighted by molar-refractivity contribution is -0.116. The summed E-state index contributed by atoms with van der Waals surface area (Å²) in [6, 6.07) is 1.26. The lowest BCUT2D eigenvalue weighted by Crippen LogP contribution is -2.62. The highest BCUT2D eigenvalue weighted by atomic mass is 16.5. The van der Waals surface area contributed by atoms with Crippen molar-refractivity contribution in [1.82, 2.24) is 5.32 Å². The van der Waals surface area contributed by atoms with Crippen LogP contribution in [0.5, 0.6) is 0 Å². The summed E-state index contributed by atoms with van der Waals surface area (Å²) in [7, 11) is 0. The normalized spacial score (nSPS) is 28.2. The number of nitrogens with one attached hydrogen (secondary N) is 1. The smallest absolute Gasteiger partial charge is 0.0655 e. The van der Waals surface area contributed by atoms with Crippen molar-refractivity contribution in [3.05, 3.63) is 0 Å². The molecule has 18 heavy (non-hydrogen) atoms. The van der Waals surface area contributed by atoms with Crippen LogP contribution in [0, 0.1) is 11.3 Å². The van der Waals surface area contributed by atoms with Crippen LogP contribution in [0.3, 0.4) is 0 Å². The zero-order valence-electron chi connectivity index (χ0n) is 13.3. The van der Waals surface area contributed by atoms with E-state index < -0.39 is 0 Å². The van der Waals surface area contributed by atoms with Gasteiger partial charge in [-0.3, -0.25) is 0 Å². The van der Waals surface area contributed by atoms with Crippen LogP contribution in [0.15, 0.2) is 0 Å². The van der Waals surface area contributed by atoms with Gasteiger partial charge in [-0.05, 0) is 32.6 Å². The Balaban J connectivity index is 2.23. The van der Waals surface area contributed by atoms with Crippen molar-refractivity contribution in [2.75, 3.05) is 6.61 Å². The van der Waals surface area contributed by atoms with E-state index in [1.54, 1.807) is 0 Å². The maximum absolute atomic E-state index is 5.78. The first kappa shape index (κ1) is 16.0. The van der Waals surface area contributed by atoms with Crippen LogP contribution in [0.25, 0.3) is 0 Å². The lowest BCUT2D eigenvalue weighted by Gasteiger charge is -2.52. The van der Waals surface area contributed by atoms with Crippen molar-refractivity contribution in [2.24, 2.45) is 11.3 Å². The molecule has 0 aliphatic heterocycles. The fraction of sp³-hybridized carbons (Fsp3) is 1.00. The zero-order chi connectivity index (χ0) is 13.8. The van der Waals surface area contributed by atoms with Gasteiger partial charge in [0.25, 0.3) is 0 Å². The van der Waals surface area contributed by atoms with Crippen LogP contribution in [-0.2, 0) is 4.74 Å². The predicted molar refractivity (Wildman–Crippen MR) is 78.9 cm³/mol. The van der Waals surface area contributed by atoms with E-state index >= 15 is 0 Å². The van der Waals surface area contributed by atoms with Gasteiger partial charge in [0.2, 0.25) is 0 Å². The molecule has 0 aromatic carbocycles. The van der Waals surface area contributed by atoms with Gasteiger partial charge in [-0.15, -0.1) is 0 Å². The fourth-order valence-corrected chi connectivity index (χ4v) is 2.91. The minimum Gasteiger partial charge on any atom is -0.378 e. The van der Waals surface area contributed by atoms with Gasteiger partial charge < -0.3 is 10.1 Å². The molecule has 1 saturated carbocycles. The summed E-state index contributed by atoms with van der Waals surface area (Å²) in [5, 5.41) is 3.79. The third-order valence-corrected chi connectivity index (χ3v) is 4.45. The molecule has 1 aliphatic rings. The van der Waals surface area contributed by atoms with Crippen LogP contribution in [-0.4, -0.2) is 24.8 Å². The topological polar surface area (TPSA) is 21.3 Å². The first-order chi connectivity index (χ1) is 8.37. The molecule has 0 radical (unpaired) electrons. The average Bonchev–Trinajstić information content (AvgIpc) is 2.27. The molecule has 0 amide bonds. The quantitative estimate of drug-likeness (QED) is 0.708. The Morgan fingerprint density at radius 2 is 1.89 bits per heavy atom. The molecule has 1 fully saturated rings. The molecule has 0 spiro atoms. The summed E-state index contributed by atoms with van der Waals surface area (Å²) in [6.07, 6.45) is 5.61. The summed E-state index contributed by atoms with van der Waals surface area (Å²) in [6.45, 7) is 14.5. The first-order valence-electron chi connectivity index (χ1n) is 7.75. The molecular formula is C16H33NO. The van der Waals surface area contributed by atoms with E-state index in [1.165, 1.54) is 25.7 Å². The second-order valence-electron chi connectivity index (χ2n) is 6.95. The fourth-order valence-electron chi connectivity index (χ4n) is 2.91. The van der Waals surface area contributed by atoms with Crippen LogP contribution in [0.4, 0.5) is 0 Å². The summed E-state index contributed by atoms with van der Waals surface area (Å²) >= 11 is 0. The Bertz CT molecular complexity index is 237. The van der Waals surface area contributed by atoms with E-state index in [0.29, 0.717) is 23.6 Å². The first-order valence-corrected chi connectivity index (χ1v) is 7.75. The highest BCUT2D eigenvalue weighted by molar-refractivity contribution is 5.03. The van der Waals surface area contributed by atoms with E-state index in [9.17, 15) is 0 Å². The Labute approximate surface area is 114 Å². The van der Waals surface area contributed by atoms with Gasteiger partial charge in [0.1, 0.15) is 0 Å². The predicted octanol–water partition coefficient (Wildman–Crippen LogP) is 3.99. The van der Waals surface area contributed by atoms with Gasteiger partial charge in [0, 0.05) is 24.1 Å². The molecule has 108 valence electrons. The van der Waals surface area contributed by atoms with Gasteiger partial charge in [0.05, 0.1) is 6.10 Å². The summed E-state index contributed by atoms with van der Waals surface area (Å²) in [5.74, 6) is 0.833. The van der Waals surface area contributed by atoms with Gasteiger partial charge in [-0.2, -0.15) is 0 Å². The molecule has 0 saturated heterocycles. The molecular weight excluding hydrogens is 222 g/mol. The van der Waals surface area contributed by atoms with Crippen molar-refractivity contribution in [3.8, 4) is 0 Å². The van der Waals surface area contributed by atoms with Crippen molar-refractivity contribution in [1.29, 1.82) is 0 Å². The molecule has 2 nitrogen and oxygen atoms in total. The molecule has 2 heteroatoms. The third-order valence-electron chi connectivity index (χ3n) is 4.45. The molecule has 0 aromatic rings.